The van der Waals surface area contributed by atoms with Crippen molar-refractivity contribution in [3.8, 4) is 0 Å². The molecule has 3 aliphatic rings. The van der Waals surface area contributed by atoms with Gasteiger partial charge in [-0.1, -0.05) is 23.3 Å². The first-order valence-electron chi connectivity index (χ1n) is 8.59. The Morgan fingerprint density at radius 3 is 2.96 bits per heavy atom. The molecule has 0 radical (unpaired) electrons. The largest absolute Gasteiger partial charge is 0.398 e. The van der Waals surface area contributed by atoms with Gasteiger partial charge in [0.15, 0.2) is 6.17 Å². The van der Waals surface area contributed by atoms with Crippen LogP contribution in [0.25, 0.3) is 10.9 Å². The number of nitrogens with two attached hydrogens (primary N) is 1. The van der Waals surface area contributed by atoms with Crippen LogP contribution in [0.2, 0.25) is 5.02 Å². The number of aromatic nitrogens is 4. The van der Waals surface area contributed by atoms with Crippen LogP contribution in [0.4, 0.5) is 5.69 Å². The lowest BCUT2D eigenvalue weighted by Gasteiger charge is -2.36. The molecule has 0 spiro atoms. The van der Waals surface area contributed by atoms with Crippen LogP contribution in [-0.4, -0.2) is 19.8 Å². The van der Waals surface area contributed by atoms with E-state index in [1.807, 2.05) is 18.2 Å². The number of halogens is 1. The number of fused-ring (bicyclic) bond motifs is 6. The van der Waals surface area contributed by atoms with Crippen molar-refractivity contribution >= 4 is 28.2 Å². The summed E-state index contributed by atoms with van der Waals surface area (Å²) >= 11 is 6.14. The van der Waals surface area contributed by atoms with E-state index in [1.165, 1.54) is 17.7 Å². The van der Waals surface area contributed by atoms with Crippen LogP contribution in [0.15, 0.2) is 29.8 Å². The normalized spacial score (nSPS) is 24.8. The summed E-state index contributed by atoms with van der Waals surface area (Å²) in [6.07, 6.45) is 7.55. The van der Waals surface area contributed by atoms with Gasteiger partial charge in [-0.2, -0.15) is 9.59 Å². The molecule has 122 valence electrons. The van der Waals surface area contributed by atoms with Gasteiger partial charge in [0.25, 0.3) is 0 Å². The van der Waals surface area contributed by atoms with Crippen LogP contribution in [0, 0.1) is 5.92 Å². The lowest BCUT2D eigenvalue weighted by molar-refractivity contribution is 0.420. The maximum Gasteiger partial charge on any atom is 0.184 e. The van der Waals surface area contributed by atoms with Gasteiger partial charge in [0.05, 0.1) is 5.52 Å². The van der Waals surface area contributed by atoms with E-state index in [1.54, 1.807) is 5.57 Å². The molecule has 24 heavy (non-hydrogen) atoms. The fraction of sp³-hybridized carbons (Fsp3) is 0.389. The third-order valence-electron chi connectivity index (χ3n) is 5.89. The van der Waals surface area contributed by atoms with Gasteiger partial charge in [0, 0.05) is 33.8 Å². The molecule has 0 amide bonds. The first-order chi connectivity index (χ1) is 11.7. The van der Waals surface area contributed by atoms with Crippen molar-refractivity contribution in [3.05, 3.63) is 46.1 Å². The van der Waals surface area contributed by atoms with Crippen LogP contribution < -0.4 is 5.73 Å². The molecule has 2 unspecified atom stereocenters. The number of nitrogens with zero attached hydrogens (tertiary/aromatic N) is 3. The maximum atomic E-state index is 6.58. The smallest absolute Gasteiger partial charge is 0.184 e. The Labute approximate surface area is 144 Å². The second-order valence-electron chi connectivity index (χ2n) is 7.45. The molecule has 2 atom stereocenters. The first-order valence-corrected chi connectivity index (χ1v) is 8.97. The van der Waals surface area contributed by atoms with E-state index in [0.29, 0.717) is 23.0 Å². The van der Waals surface area contributed by atoms with Crippen molar-refractivity contribution < 1.29 is 0 Å². The van der Waals surface area contributed by atoms with Crippen LogP contribution in [0.5, 0.6) is 0 Å². The first kappa shape index (κ1) is 13.2. The average Bonchev–Trinajstić information content (AvgIpc) is 3.43. The molecule has 3 aromatic rings. The summed E-state index contributed by atoms with van der Waals surface area (Å²) in [6.45, 7) is 0. The zero-order chi connectivity index (χ0) is 16.0. The van der Waals surface area contributed by atoms with Gasteiger partial charge in [-0.15, -0.1) is 0 Å². The Morgan fingerprint density at radius 1 is 1.29 bits per heavy atom. The minimum atomic E-state index is 0.513. The third kappa shape index (κ3) is 1.79. The van der Waals surface area contributed by atoms with E-state index in [0.717, 1.165) is 35.9 Å². The molecular formula is C18H18ClN5. The number of aromatic amines is 1. The summed E-state index contributed by atoms with van der Waals surface area (Å²) in [5.74, 6) is 1.11. The summed E-state index contributed by atoms with van der Waals surface area (Å²) in [5.41, 5.74) is 12.5. The van der Waals surface area contributed by atoms with Gasteiger partial charge in [0.1, 0.15) is 0 Å². The van der Waals surface area contributed by atoms with E-state index >= 15 is 0 Å². The third-order valence-corrected chi connectivity index (χ3v) is 6.13. The van der Waals surface area contributed by atoms with Crippen molar-refractivity contribution in [2.45, 2.75) is 37.8 Å². The highest BCUT2D eigenvalue weighted by Crippen LogP contribution is 2.48. The Kier molecular flexibility index (Phi) is 2.35. The van der Waals surface area contributed by atoms with Gasteiger partial charge in [-0.3, -0.25) is 4.98 Å². The fourth-order valence-corrected chi connectivity index (χ4v) is 4.88. The number of benzene rings is 1. The van der Waals surface area contributed by atoms with Crippen molar-refractivity contribution in [3.63, 3.8) is 0 Å². The van der Waals surface area contributed by atoms with Crippen molar-refractivity contribution in [2.75, 3.05) is 5.73 Å². The molecule has 0 saturated heterocycles. The van der Waals surface area contributed by atoms with Gasteiger partial charge >= 0.3 is 0 Å². The summed E-state index contributed by atoms with van der Waals surface area (Å²) in [6, 6.07) is 5.84. The quantitative estimate of drug-likeness (QED) is 0.697. The molecule has 2 aliphatic carbocycles. The monoisotopic (exact) mass is 339 g/mol. The van der Waals surface area contributed by atoms with E-state index < -0.39 is 0 Å². The van der Waals surface area contributed by atoms with Crippen molar-refractivity contribution in [2.24, 2.45) is 5.92 Å². The van der Waals surface area contributed by atoms with Crippen LogP contribution in [-0.2, 0) is 6.42 Å². The Balaban J connectivity index is 1.41. The Bertz CT molecular complexity index is 1010. The number of rotatable bonds is 2. The number of anilines is 1. The molecule has 1 aliphatic heterocycles. The predicted octanol–water partition coefficient (Wildman–Crippen LogP) is 3.83. The number of hydrogen-bond donors (Lipinski definition) is 2. The highest BCUT2D eigenvalue weighted by molar-refractivity contribution is 6.31. The van der Waals surface area contributed by atoms with Gasteiger partial charge in [-0.05, 0) is 49.3 Å². The second kappa shape index (κ2) is 4.28. The molecular weight excluding hydrogens is 322 g/mol. The molecule has 3 heterocycles. The van der Waals surface area contributed by atoms with Gasteiger partial charge in [-0.25, -0.2) is 5.21 Å². The summed E-state index contributed by atoms with van der Waals surface area (Å²) in [7, 11) is 0. The molecule has 0 saturated carbocycles. The van der Waals surface area contributed by atoms with Crippen LogP contribution >= 0.6 is 11.6 Å². The second-order valence-corrected chi connectivity index (χ2v) is 7.88. The molecule has 6 heteroatoms. The molecule has 6 rings (SSSR count). The van der Waals surface area contributed by atoms with E-state index in [-0.39, 0.29) is 0 Å². The average molecular weight is 340 g/mol. The number of nitrogens with one attached hydrogen (secondary N) is 1. The zero-order valence-electron chi connectivity index (χ0n) is 13.2. The van der Waals surface area contributed by atoms with E-state index in [9.17, 15) is 0 Å². The molecule has 1 aromatic carbocycles. The highest BCUT2D eigenvalue weighted by atomic mass is 35.5. The molecule has 3 N–H and O–H groups in total. The molecule has 2 bridgehead atoms. The number of allylic oxidation sites excluding steroid dienone is 2. The maximum absolute atomic E-state index is 6.58. The predicted molar refractivity (Wildman–Crippen MR) is 94.2 cm³/mol. The topological polar surface area (TPSA) is 64.6 Å². The van der Waals surface area contributed by atoms with Gasteiger partial charge in [0.2, 0.25) is 0 Å². The lowest BCUT2D eigenvalue weighted by Crippen LogP contribution is -2.25. The molecule has 2 aromatic heterocycles. The number of pyridine rings is 1. The molecule has 0 fully saturated rings. The van der Waals surface area contributed by atoms with Gasteiger partial charge < -0.3 is 5.73 Å². The minimum Gasteiger partial charge on any atom is -0.398 e. The summed E-state index contributed by atoms with van der Waals surface area (Å²) in [5, 5.41) is 4.89. The molecule has 5 nitrogen and oxygen atoms in total. The van der Waals surface area contributed by atoms with Crippen LogP contribution in [0.3, 0.4) is 0 Å². The van der Waals surface area contributed by atoms with Crippen molar-refractivity contribution in [1.82, 2.24) is 19.8 Å². The number of nitrogen functional groups attached to an aromatic ring is 1. The number of H-pyrrole nitrogens is 1. The summed E-state index contributed by atoms with van der Waals surface area (Å²) < 4.78 is 0. The highest BCUT2D eigenvalue weighted by Gasteiger charge is 2.41. The van der Waals surface area contributed by atoms with E-state index in [4.69, 9.17) is 22.3 Å². The zero-order valence-corrected chi connectivity index (χ0v) is 13.9. The fourth-order valence-electron chi connectivity index (χ4n) is 4.72. The lowest BCUT2D eigenvalue weighted by atomic mass is 9.70. The van der Waals surface area contributed by atoms with Crippen molar-refractivity contribution in [1.29, 1.82) is 0 Å². The van der Waals surface area contributed by atoms with Crippen LogP contribution in [0.1, 0.15) is 42.6 Å². The Hall–Kier alpha value is -2.14. The SMILES string of the molecule is Nc1c2c(nc3cc(Cl)ccc13)CC1C=C(CC3n4[nH]n43)CC2C1. The standard InChI is InChI=1S/C18H18ClN5/c19-12-1-2-13-14(8-12)21-15-6-9-3-10(7-16-23-22-24(16)23)5-11(4-9)17(15)18(13)20/h1-3,8-9,11,16,22H,4-7H2,(H2,20,21). The Morgan fingerprint density at radius 2 is 2.17 bits per heavy atom. The summed E-state index contributed by atoms with van der Waals surface area (Å²) in [4.78, 5) is 9.26. The minimum absolute atomic E-state index is 0.513. The number of hydrogen-bond acceptors (Lipinski definition) is 2. The van der Waals surface area contributed by atoms with E-state index in [2.05, 4.69) is 20.9 Å².